The largest absolute Gasteiger partial charge is 0.236 e. The molecular formula is C12H16ClIN2. The molecule has 16 heavy (non-hydrogen) atoms. The average Bonchev–Trinajstić information content (AvgIpc) is 2.93. The summed E-state index contributed by atoms with van der Waals surface area (Å²) >= 11 is 8.41. The van der Waals surface area contributed by atoms with Crippen molar-refractivity contribution < 1.29 is 0 Å². The second-order valence-corrected chi connectivity index (χ2v) is 6.93. The van der Waals surface area contributed by atoms with E-state index in [0.717, 1.165) is 27.4 Å². The van der Waals surface area contributed by atoms with E-state index in [9.17, 15) is 0 Å². The summed E-state index contributed by atoms with van der Waals surface area (Å²) in [4.78, 5) is 9.06. The Bertz CT molecular complexity index is 408. The number of rotatable bonds is 2. The minimum atomic E-state index is 0.0292. The highest BCUT2D eigenvalue weighted by Crippen LogP contribution is 2.34. The predicted molar refractivity (Wildman–Crippen MR) is 74.9 cm³/mol. The van der Waals surface area contributed by atoms with Crippen molar-refractivity contribution >= 4 is 34.2 Å². The molecule has 0 spiro atoms. The van der Waals surface area contributed by atoms with E-state index in [1.54, 1.807) is 0 Å². The smallest absolute Gasteiger partial charge is 0.146 e. The van der Waals surface area contributed by atoms with Gasteiger partial charge in [-0.3, -0.25) is 0 Å². The van der Waals surface area contributed by atoms with Crippen molar-refractivity contribution in [2.75, 3.05) is 0 Å². The molecule has 0 radical (unpaired) electrons. The average molecular weight is 351 g/mol. The van der Waals surface area contributed by atoms with Crippen LogP contribution in [-0.2, 0) is 11.8 Å². The normalized spacial score (nSPS) is 16.6. The van der Waals surface area contributed by atoms with Gasteiger partial charge < -0.3 is 0 Å². The van der Waals surface area contributed by atoms with E-state index in [2.05, 4.69) is 53.3 Å². The topological polar surface area (TPSA) is 25.8 Å². The molecule has 0 aromatic carbocycles. The highest BCUT2D eigenvalue weighted by Gasteiger charge is 2.26. The minimum absolute atomic E-state index is 0.0292. The first-order valence-electron chi connectivity index (χ1n) is 5.60. The SMILES string of the molecule is CC(C)(C)c1nc(CC2CC2)nc(Cl)c1I. The molecule has 88 valence electrons. The summed E-state index contributed by atoms with van der Waals surface area (Å²) in [6.07, 6.45) is 3.62. The Kier molecular flexibility index (Phi) is 3.46. The van der Waals surface area contributed by atoms with Crippen LogP contribution in [0.15, 0.2) is 0 Å². The van der Waals surface area contributed by atoms with Gasteiger partial charge in [0.1, 0.15) is 11.0 Å². The van der Waals surface area contributed by atoms with Crippen molar-refractivity contribution in [3.8, 4) is 0 Å². The van der Waals surface area contributed by atoms with Crippen LogP contribution >= 0.6 is 34.2 Å². The lowest BCUT2D eigenvalue weighted by Crippen LogP contribution is -2.18. The Morgan fingerprint density at radius 1 is 1.31 bits per heavy atom. The zero-order chi connectivity index (χ0) is 11.9. The molecule has 1 aliphatic carbocycles. The van der Waals surface area contributed by atoms with Crippen LogP contribution in [0.2, 0.25) is 5.15 Å². The standard InChI is InChI=1S/C12H16ClIN2/c1-12(2,3)10-9(14)11(13)16-8(15-10)6-7-4-5-7/h7H,4-6H2,1-3H3. The fraction of sp³-hybridized carbons (Fsp3) is 0.667. The summed E-state index contributed by atoms with van der Waals surface area (Å²) < 4.78 is 0.992. The third kappa shape index (κ3) is 2.86. The van der Waals surface area contributed by atoms with Gasteiger partial charge in [-0.2, -0.15) is 0 Å². The lowest BCUT2D eigenvalue weighted by molar-refractivity contribution is 0.555. The quantitative estimate of drug-likeness (QED) is 0.595. The maximum atomic E-state index is 6.17. The van der Waals surface area contributed by atoms with E-state index in [-0.39, 0.29) is 5.41 Å². The second-order valence-electron chi connectivity index (χ2n) is 5.49. The van der Waals surface area contributed by atoms with Crippen LogP contribution in [0.1, 0.15) is 45.1 Å². The molecule has 0 bridgehead atoms. The van der Waals surface area contributed by atoms with Gasteiger partial charge in [0, 0.05) is 11.8 Å². The third-order valence-electron chi connectivity index (χ3n) is 2.74. The van der Waals surface area contributed by atoms with Crippen molar-refractivity contribution in [1.29, 1.82) is 0 Å². The molecule has 1 saturated carbocycles. The highest BCUT2D eigenvalue weighted by molar-refractivity contribution is 14.1. The fourth-order valence-corrected chi connectivity index (χ4v) is 2.87. The molecule has 2 nitrogen and oxygen atoms in total. The van der Waals surface area contributed by atoms with Gasteiger partial charge in [-0.1, -0.05) is 32.4 Å². The van der Waals surface area contributed by atoms with Crippen molar-refractivity contribution in [2.45, 2.75) is 45.4 Å². The Hall–Kier alpha value is 0.100. The van der Waals surface area contributed by atoms with E-state index in [1.807, 2.05) is 0 Å². The molecule has 0 saturated heterocycles. The summed E-state index contributed by atoms with van der Waals surface area (Å²) in [5.41, 5.74) is 1.10. The molecule has 1 aromatic rings. The predicted octanol–water partition coefficient (Wildman–Crippen LogP) is 3.98. The van der Waals surface area contributed by atoms with Gasteiger partial charge in [0.25, 0.3) is 0 Å². The Morgan fingerprint density at radius 2 is 1.94 bits per heavy atom. The van der Waals surface area contributed by atoms with E-state index in [4.69, 9.17) is 11.6 Å². The van der Waals surface area contributed by atoms with Crippen molar-refractivity contribution in [3.05, 3.63) is 20.2 Å². The minimum Gasteiger partial charge on any atom is -0.236 e. The molecule has 1 aliphatic rings. The molecule has 0 N–H and O–H groups in total. The molecule has 1 heterocycles. The summed E-state index contributed by atoms with van der Waals surface area (Å²) in [7, 11) is 0. The molecule has 2 rings (SSSR count). The number of hydrogen-bond acceptors (Lipinski definition) is 2. The van der Waals surface area contributed by atoms with Crippen molar-refractivity contribution in [2.24, 2.45) is 5.92 Å². The van der Waals surface area contributed by atoms with Crippen LogP contribution in [0, 0.1) is 9.49 Å². The molecule has 0 unspecified atom stereocenters. The first kappa shape index (κ1) is 12.6. The van der Waals surface area contributed by atoms with Crippen LogP contribution < -0.4 is 0 Å². The van der Waals surface area contributed by atoms with Crippen LogP contribution in [0.4, 0.5) is 0 Å². The summed E-state index contributed by atoms with van der Waals surface area (Å²) in [6, 6.07) is 0. The first-order valence-corrected chi connectivity index (χ1v) is 7.06. The molecular weight excluding hydrogens is 335 g/mol. The maximum absolute atomic E-state index is 6.17. The van der Waals surface area contributed by atoms with Gasteiger partial charge in [0.15, 0.2) is 0 Å². The van der Waals surface area contributed by atoms with E-state index >= 15 is 0 Å². The highest BCUT2D eigenvalue weighted by atomic mass is 127. The van der Waals surface area contributed by atoms with Gasteiger partial charge in [-0.05, 0) is 41.4 Å². The maximum Gasteiger partial charge on any atom is 0.146 e. The molecule has 1 fully saturated rings. The molecule has 4 heteroatoms. The number of aromatic nitrogens is 2. The van der Waals surface area contributed by atoms with E-state index in [1.165, 1.54) is 12.8 Å². The second kappa shape index (κ2) is 4.41. The van der Waals surface area contributed by atoms with Crippen LogP contribution in [0.5, 0.6) is 0 Å². The van der Waals surface area contributed by atoms with Crippen molar-refractivity contribution in [1.82, 2.24) is 9.97 Å². The zero-order valence-electron chi connectivity index (χ0n) is 9.85. The van der Waals surface area contributed by atoms with Gasteiger partial charge in [-0.15, -0.1) is 0 Å². The monoisotopic (exact) mass is 350 g/mol. The van der Waals surface area contributed by atoms with Gasteiger partial charge in [0.05, 0.1) is 9.26 Å². The molecule has 1 aromatic heterocycles. The Labute approximate surface area is 115 Å². The summed E-state index contributed by atoms with van der Waals surface area (Å²) in [5, 5.41) is 0.608. The van der Waals surface area contributed by atoms with Crippen LogP contribution in [0.3, 0.4) is 0 Å². The first-order chi connectivity index (χ1) is 7.38. The van der Waals surface area contributed by atoms with Gasteiger partial charge in [0.2, 0.25) is 0 Å². The number of hydrogen-bond donors (Lipinski definition) is 0. The number of nitrogens with zero attached hydrogens (tertiary/aromatic N) is 2. The molecule has 0 atom stereocenters. The lowest BCUT2D eigenvalue weighted by Gasteiger charge is -2.20. The van der Waals surface area contributed by atoms with E-state index < -0.39 is 0 Å². The van der Waals surface area contributed by atoms with E-state index in [0.29, 0.717) is 5.15 Å². The summed E-state index contributed by atoms with van der Waals surface area (Å²) in [6.45, 7) is 6.48. The third-order valence-corrected chi connectivity index (χ3v) is 4.35. The molecule has 0 aliphatic heterocycles. The lowest BCUT2D eigenvalue weighted by atomic mass is 9.92. The van der Waals surface area contributed by atoms with Crippen LogP contribution in [0.25, 0.3) is 0 Å². The fourth-order valence-electron chi connectivity index (χ4n) is 1.63. The number of halogens is 2. The Balaban J connectivity index is 2.38. The molecule has 0 amide bonds. The Morgan fingerprint density at radius 3 is 2.44 bits per heavy atom. The summed E-state index contributed by atoms with van der Waals surface area (Å²) in [5.74, 6) is 1.71. The van der Waals surface area contributed by atoms with Crippen LogP contribution in [-0.4, -0.2) is 9.97 Å². The zero-order valence-corrected chi connectivity index (χ0v) is 12.8. The van der Waals surface area contributed by atoms with Crippen molar-refractivity contribution in [3.63, 3.8) is 0 Å². The van der Waals surface area contributed by atoms with Gasteiger partial charge >= 0.3 is 0 Å². The van der Waals surface area contributed by atoms with Gasteiger partial charge in [-0.25, -0.2) is 9.97 Å².